The van der Waals surface area contributed by atoms with E-state index in [1.165, 1.54) is 24.5 Å². The van der Waals surface area contributed by atoms with Crippen LogP contribution < -0.4 is 9.64 Å². The first-order chi connectivity index (χ1) is 10.4. The number of amides is 1. The molecule has 0 aliphatic carbocycles. The largest absolute Gasteiger partial charge is 0.494 e. The Labute approximate surface area is 131 Å². The van der Waals surface area contributed by atoms with Crippen LogP contribution in [0.4, 0.5) is 14.3 Å². The lowest BCUT2D eigenvalue weighted by Gasteiger charge is -2.24. The van der Waals surface area contributed by atoms with Gasteiger partial charge in [-0.1, -0.05) is 0 Å². The third-order valence-electron chi connectivity index (χ3n) is 3.47. The number of carbonyl (C=O) groups is 1. The molecule has 0 spiro atoms. The summed E-state index contributed by atoms with van der Waals surface area (Å²) in [6.45, 7) is 4.16. The Kier molecular flexibility index (Phi) is 3.52. The van der Waals surface area contributed by atoms with Crippen LogP contribution in [-0.4, -0.2) is 30.3 Å². The van der Waals surface area contributed by atoms with Gasteiger partial charge in [-0.3, -0.25) is 0 Å². The first-order valence-corrected chi connectivity index (χ1v) is 7.57. The first-order valence-electron chi connectivity index (χ1n) is 6.69. The lowest BCUT2D eigenvalue weighted by atomic mass is 10.1. The zero-order valence-corrected chi connectivity index (χ0v) is 13.2. The van der Waals surface area contributed by atoms with Crippen molar-refractivity contribution in [1.82, 2.24) is 4.98 Å². The summed E-state index contributed by atoms with van der Waals surface area (Å²) in [7, 11) is 1.41. The molecule has 1 fully saturated rings. The van der Waals surface area contributed by atoms with Crippen molar-refractivity contribution < 1.29 is 18.7 Å². The quantitative estimate of drug-likeness (QED) is 0.865. The number of nitrogens with zero attached hydrogens (tertiary/aromatic N) is 2. The van der Waals surface area contributed by atoms with Gasteiger partial charge in [0.05, 0.1) is 18.3 Å². The molecule has 2 heterocycles. The molecule has 0 radical (unpaired) electrons. The Hall–Kier alpha value is -2.15. The van der Waals surface area contributed by atoms with Crippen LogP contribution in [0, 0.1) is 5.82 Å². The second-order valence-electron chi connectivity index (χ2n) is 5.57. The highest BCUT2D eigenvalue weighted by atomic mass is 32.1. The number of benzene rings is 1. The minimum Gasteiger partial charge on any atom is -0.494 e. The zero-order chi connectivity index (χ0) is 15.9. The molecule has 0 saturated carbocycles. The summed E-state index contributed by atoms with van der Waals surface area (Å²) >= 11 is 1.34. The summed E-state index contributed by atoms with van der Waals surface area (Å²) in [5.41, 5.74) is 0.951. The number of carbonyl (C=O) groups excluding carboxylic acids is 1. The fourth-order valence-electron chi connectivity index (χ4n) is 2.27. The minimum atomic E-state index is -0.438. The van der Waals surface area contributed by atoms with E-state index in [4.69, 9.17) is 9.47 Å². The first kappa shape index (κ1) is 14.8. The molecular weight excluding hydrogens is 307 g/mol. The molecule has 1 saturated heterocycles. The maximum atomic E-state index is 13.5. The smallest absolute Gasteiger partial charge is 0.416 e. The fourth-order valence-corrected chi connectivity index (χ4v) is 3.25. The topological polar surface area (TPSA) is 51.7 Å². The van der Waals surface area contributed by atoms with Crippen molar-refractivity contribution in [2.45, 2.75) is 19.4 Å². The van der Waals surface area contributed by atoms with Crippen molar-refractivity contribution in [1.29, 1.82) is 0 Å². The molecule has 1 amide bonds. The van der Waals surface area contributed by atoms with E-state index in [9.17, 15) is 9.18 Å². The molecule has 1 aromatic heterocycles. The number of ether oxygens (including phenoxy) is 2. The molecule has 1 aliphatic heterocycles. The van der Waals surface area contributed by atoms with Crippen LogP contribution in [0.5, 0.6) is 5.75 Å². The summed E-state index contributed by atoms with van der Waals surface area (Å²) in [6.07, 6.45) is -0.400. The predicted octanol–water partition coefficient (Wildman–Crippen LogP) is 3.69. The zero-order valence-electron chi connectivity index (χ0n) is 12.4. The average Bonchev–Trinajstić information content (AvgIpc) is 3.04. The monoisotopic (exact) mass is 322 g/mol. The van der Waals surface area contributed by atoms with Crippen molar-refractivity contribution in [3.8, 4) is 17.0 Å². The number of rotatable bonds is 3. The van der Waals surface area contributed by atoms with Gasteiger partial charge in [0.1, 0.15) is 6.61 Å². The van der Waals surface area contributed by atoms with Crippen molar-refractivity contribution in [3.05, 3.63) is 29.4 Å². The third kappa shape index (κ3) is 2.41. The van der Waals surface area contributed by atoms with E-state index in [2.05, 4.69) is 4.98 Å². The molecule has 116 valence electrons. The van der Waals surface area contributed by atoms with Crippen LogP contribution in [0.25, 0.3) is 11.3 Å². The molecule has 3 rings (SSSR count). The second-order valence-corrected chi connectivity index (χ2v) is 6.40. The van der Waals surface area contributed by atoms with Crippen LogP contribution in [0.3, 0.4) is 0 Å². The number of halogens is 1. The molecule has 1 aromatic carbocycles. The maximum Gasteiger partial charge on any atom is 0.416 e. The van der Waals surface area contributed by atoms with E-state index in [-0.39, 0.29) is 5.75 Å². The standard InChI is InChI=1S/C15H15FN2O3S/c1-15(2)8-21-14(19)18(15)13-17-11(7-22-13)9-4-5-10(16)12(6-9)20-3/h4-7H,8H2,1-3H3. The molecule has 0 unspecified atom stereocenters. The minimum absolute atomic E-state index is 0.160. The van der Waals surface area contributed by atoms with E-state index in [0.29, 0.717) is 17.4 Å². The van der Waals surface area contributed by atoms with Crippen molar-refractivity contribution in [2.24, 2.45) is 0 Å². The van der Waals surface area contributed by atoms with Gasteiger partial charge >= 0.3 is 6.09 Å². The van der Waals surface area contributed by atoms with Gasteiger partial charge in [0, 0.05) is 10.9 Å². The number of thiazole rings is 1. The van der Waals surface area contributed by atoms with Crippen LogP contribution in [0.1, 0.15) is 13.8 Å². The summed E-state index contributed by atoms with van der Waals surface area (Å²) in [4.78, 5) is 17.9. The van der Waals surface area contributed by atoms with Gasteiger partial charge in [0.2, 0.25) is 0 Å². The summed E-state index contributed by atoms with van der Waals surface area (Å²) in [5.74, 6) is -0.265. The van der Waals surface area contributed by atoms with Crippen molar-refractivity contribution in [3.63, 3.8) is 0 Å². The van der Waals surface area contributed by atoms with Gasteiger partial charge in [-0.15, -0.1) is 11.3 Å². The van der Waals surface area contributed by atoms with E-state index in [0.717, 1.165) is 5.56 Å². The number of hydrogen-bond donors (Lipinski definition) is 0. The third-order valence-corrected chi connectivity index (χ3v) is 4.29. The SMILES string of the molecule is COc1cc(-c2csc(N3C(=O)OCC3(C)C)n2)ccc1F. The average molecular weight is 322 g/mol. The van der Waals surface area contributed by atoms with Gasteiger partial charge in [-0.2, -0.15) is 0 Å². The van der Waals surface area contributed by atoms with Crippen LogP contribution in [0.15, 0.2) is 23.6 Å². The number of aromatic nitrogens is 1. The predicted molar refractivity (Wildman–Crippen MR) is 82.0 cm³/mol. The van der Waals surface area contributed by atoms with Gasteiger partial charge < -0.3 is 9.47 Å². The Morgan fingerprint density at radius 3 is 2.86 bits per heavy atom. The summed E-state index contributed by atoms with van der Waals surface area (Å²) < 4.78 is 23.5. The van der Waals surface area contributed by atoms with Crippen LogP contribution in [-0.2, 0) is 4.74 Å². The van der Waals surface area contributed by atoms with Crippen molar-refractivity contribution >= 4 is 22.6 Å². The molecule has 0 N–H and O–H groups in total. The van der Waals surface area contributed by atoms with Gasteiger partial charge in [-0.25, -0.2) is 19.1 Å². The summed E-state index contributed by atoms with van der Waals surface area (Å²) in [6, 6.07) is 4.55. The molecule has 7 heteroatoms. The normalized spacial score (nSPS) is 16.7. The summed E-state index contributed by atoms with van der Waals surface area (Å²) in [5, 5.41) is 2.38. The maximum absolute atomic E-state index is 13.5. The highest BCUT2D eigenvalue weighted by Gasteiger charge is 2.42. The number of hydrogen-bond acceptors (Lipinski definition) is 5. The molecule has 0 bridgehead atoms. The van der Waals surface area contributed by atoms with Gasteiger partial charge in [0.25, 0.3) is 0 Å². The van der Waals surface area contributed by atoms with Crippen LogP contribution in [0.2, 0.25) is 0 Å². The fraction of sp³-hybridized carbons (Fsp3) is 0.333. The highest BCUT2D eigenvalue weighted by molar-refractivity contribution is 7.14. The lowest BCUT2D eigenvalue weighted by molar-refractivity contribution is 0.175. The molecular formula is C15H15FN2O3S. The Morgan fingerprint density at radius 1 is 1.45 bits per heavy atom. The molecule has 2 aromatic rings. The Bertz CT molecular complexity index is 729. The molecule has 22 heavy (non-hydrogen) atoms. The lowest BCUT2D eigenvalue weighted by Crippen LogP contribution is -2.42. The Morgan fingerprint density at radius 2 is 2.23 bits per heavy atom. The van der Waals surface area contributed by atoms with Crippen molar-refractivity contribution in [2.75, 3.05) is 18.6 Å². The second kappa shape index (κ2) is 5.24. The van der Waals surface area contributed by atoms with E-state index >= 15 is 0 Å². The molecule has 0 atom stereocenters. The Balaban J connectivity index is 1.96. The van der Waals surface area contributed by atoms with E-state index < -0.39 is 17.4 Å². The molecule has 1 aliphatic rings. The van der Waals surface area contributed by atoms with Gasteiger partial charge in [0.15, 0.2) is 16.7 Å². The molecule has 5 nitrogen and oxygen atoms in total. The number of methoxy groups -OCH3 is 1. The van der Waals surface area contributed by atoms with E-state index in [1.54, 1.807) is 17.0 Å². The highest BCUT2D eigenvalue weighted by Crippen LogP contribution is 2.35. The number of cyclic esters (lactones) is 1. The number of anilines is 1. The van der Waals surface area contributed by atoms with Gasteiger partial charge in [-0.05, 0) is 32.0 Å². The van der Waals surface area contributed by atoms with E-state index in [1.807, 2.05) is 19.2 Å². The van der Waals surface area contributed by atoms with Crippen LogP contribution >= 0.6 is 11.3 Å².